The van der Waals surface area contributed by atoms with Crippen LogP contribution in [0.2, 0.25) is 5.02 Å². The minimum atomic E-state index is -0.949. The number of hydroxylamine groups is 1. The summed E-state index contributed by atoms with van der Waals surface area (Å²) in [4.78, 5) is 18.6. The first-order valence-electron chi connectivity index (χ1n) is 9.40. The quantitative estimate of drug-likeness (QED) is 0.335. The van der Waals surface area contributed by atoms with Crippen LogP contribution in [0.3, 0.4) is 0 Å². The van der Waals surface area contributed by atoms with Crippen LogP contribution < -0.4 is 5.06 Å². The van der Waals surface area contributed by atoms with E-state index in [1.54, 1.807) is 13.8 Å². The van der Waals surface area contributed by atoms with Crippen molar-refractivity contribution in [3.63, 3.8) is 0 Å². The van der Waals surface area contributed by atoms with Crippen molar-refractivity contribution >= 4 is 23.2 Å². The molecule has 5 nitrogen and oxygen atoms in total. The van der Waals surface area contributed by atoms with E-state index in [9.17, 15) is 4.79 Å². The summed E-state index contributed by atoms with van der Waals surface area (Å²) < 4.78 is 5.33. The molecule has 152 valence electrons. The first-order valence-corrected chi connectivity index (χ1v) is 9.78. The van der Waals surface area contributed by atoms with Crippen LogP contribution >= 0.6 is 11.6 Å². The molecule has 0 fully saturated rings. The van der Waals surface area contributed by atoms with Gasteiger partial charge in [-0.25, -0.2) is 4.84 Å². The number of rotatable bonds is 10. The van der Waals surface area contributed by atoms with Crippen LogP contribution in [0.4, 0.5) is 5.69 Å². The van der Waals surface area contributed by atoms with E-state index in [1.165, 1.54) is 12.2 Å². The van der Waals surface area contributed by atoms with E-state index in [4.69, 9.17) is 26.3 Å². The van der Waals surface area contributed by atoms with Crippen LogP contribution in [0.1, 0.15) is 39.5 Å². The van der Waals surface area contributed by atoms with Gasteiger partial charge in [-0.05, 0) is 62.1 Å². The summed E-state index contributed by atoms with van der Waals surface area (Å²) in [5.41, 5.74) is 2.69. The third-order valence-corrected chi connectivity index (χ3v) is 4.61. The van der Waals surface area contributed by atoms with Crippen molar-refractivity contribution < 1.29 is 19.5 Å². The molecule has 0 saturated carbocycles. The Labute approximate surface area is 171 Å². The van der Waals surface area contributed by atoms with Gasteiger partial charge in [-0.3, -0.25) is 4.79 Å². The molecule has 0 heterocycles. The number of benzene rings is 2. The fraction of sp³-hybridized carbons (Fsp3) is 0.409. The van der Waals surface area contributed by atoms with Gasteiger partial charge in [0.05, 0.1) is 5.69 Å². The van der Waals surface area contributed by atoms with Gasteiger partial charge in [0.25, 0.3) is 5.91 Å². The van der Waals surface area contributed by atoms with Gasteiger partial charge in [-0.1, -0.05) is 42.3 Å². The van der Waals surface area contributed by atoms with Crippen LogP contribution in [0.15, 0.2) is 48.5 Å². The van der Waals surface area contributed by atoms with Crippen molar-refractivity contribution in [1.82, 2.24) is 0 Å². The van der Waals surface area contributed by atoms with E-state index < -0.39 is 5.79 Å². The van der Waals surface area contributed by atoms with Crippen molar-refractivity contribution in [2.24, 2.45) is 0 Å². The van der Waals surface area contributed by atoms with Gasteiger partial charge in [0.15, 0.2) is 5.79 Å². The fourth-order valence-electron chi connectivity index (χ4n) is 2.60. The van der Waals surface area contributed by atoms with Crippen molar-refractivity contribution in [2.75, 3.05) is 18.8 Å². The van der Waals surface area contributed by atoms with Gasteiger partial charge in [-0.15, -0.1) is 0 Å². The van der Waals surface area contributed by atoms with Crippen molar-refractivity contribution in [2.45, 2.75) is 45.3 Å². The number of unbranched alkanes of at least 4 members (excludes halogenated alkanes) is 2. The molecule has 1 N–H and O–H groups in total. The lowest BCUT2D eigenvalue weighted by Gasteiger charge is -2.31. The molecule has 0 spiro atoms. The standard InChI is InChI=1S/C22H28ClNO4/c1-22(2,27-3)28-24(21(26)7-5-4-6-16-25)20-14-10-18(11-15-20)17-8-12-19(23)13-9-17/h8-15,25H,4-7,16H2,1-3H3. The lowest BCUT2D eigenvalue weighted by atomic mass is 10.1. The molecule has 0 radical (unpaired) electrons. The number of hydrogen-bond donors (Lipinski definition) is 1. The van der Waals surface area contributed by atoms with Crippen LogP contribution in [0, 0.1) is 0 Å². The zero-order chi connectivity index (χ0) is 20.6. The molecule has 0 aliphatic rings. The van der Waals surface area contributed by atoms with Crippen LogP contribution in [-0.4, -0.2) is 30.5 Å². The Hall–Kier alpha value is -1.92. The molecule has 0 bridgehead atoms. The van der Waals surface area contributed by atoms with Gasteiger partial charge < -0.3 is 9.84 Å². The smallest absolute Gasteiger partial charge is 0.250 e. The van der Waals surface area contributed by atoms with Gasteiger partial charge in [0.1, 0.15) is 0 Å². The second-order valence-electron chi connectivity index (χ2n) is 6.97. The summed E-state index contributed by atoms with van der Waals surface area (Å²) in [6, 6.07) is 15.2. The average Bonchev–Trinajstić information content (AvgIpc) is 2.70. The zero-order valence-electron chi connectivity index (χ0n) is 16.7. The summed E-state index contributed by atoms with van der Waals surface area (Å²) in [7, 11) is 1.54. The molecule has 2 aromatic carbocycles. The second-order valence-corrected chi connectivity index (χ2v) is 7.41. The van der Waals surface area contributed by atoms with E-state index in [0.717, 1.165) is 17.5 Å². The van der Waals surface area contributed by atoms with E-state index in [2.05, 4.69) is 0 Å². The van der Waals surface area contributed by atoms with Crippen molar-refractivity contribution in [3.05, 3.63) is 53.6 Å². The fourth-order valence-corrected chi connectivity index (χ4v) is 2.73. The van der Waals surface area contributed by atoms with Crippen LogP contribution in [0.25, 0.3) is 11.1 Å². The Morgan fingerprint density at radius 1 is 1.00 bits per heavy atom. The molecule has 28 heavy (non-hydrogen) atoms. The van der Waals surface area contributed by atoms with Gasteiger partial charge in [0.2, 0.25) is 0 Å². The largest absolute Gasteiger partial charge is 0.396 e. The number of carbonyl (C=O) groups is 1. The van der Waals surface area contributed by atoms with Crippen molar-refractivity contribution in [1.29, 1.82) is 0 Å². The maximum absolute atomic E-state index is 12.8. The third kappa shape index (κ3) is 6.60. The van der Waals surface area contributed by atoms with Crippen LogP contribution in [0.5, 0.6) is 0 Å². The maximum atomic E-state index is 12.8. The predicted octanol–water partition coefficient (Wildman–Crippen LogP) is 5.21. The van der Waals surface area contributed by atoms with E-state index in [0.29, 0.717) is 30.0 Å². The number of hydrogen-bond acceptors (Lipinski definition) is 4. The zero-order valence-corrected chi connectivity index (χ0v) is 17.4. The minimum Gasteiger partial charge on any atom is -0.396 e. The molecule has 0 aromatic heterocycles. The number of carbonyl (C=O) groups excluding carboxylic acids is 1. The minimum absolute atomic E-state index is 0.136. The Bertz CT molecular complexity index is 744. The normalized spacial score (nSPS) is 11.5. The maximum Gasteiger partial charge on any atom is 0.250 e. The molecule has 2 aromatic rings. The van der Waals surface area contributed by atoms with Gasteiger partial charge >= 0.3 is 0 Å². The third-order valence-electron chi connectivity index (χ3n) is 4.36. The Morgan fingerprint density at radius 2 is 1.57 bits per heavy atom. The SMILES string of the molecule is COC(C)(C)ON(C(=O)CCCCCO)c1ccc(-c2ccc(Cl)cc2)cc1. The molecule has 0 aliphatic heterocycles. The Balaban J connectivity index is 2.19. The highest BCUT2D eigenvalue weighted by molar-refractivity contribution is 6.30. The summed E-state index contributed by atoms with van der Waals surface area (Å²) in [5, 5.41) is 10.9. The molecule has 0 atom stereocenters. The number of methoxy groups -OCH3 is 1. The number of aliphatic hydroxyl groups is 1. The summed E-state index contributed by atoms with van der Waals surface area (Å²) in [6.45, 7) is 3.64. The number of anilines is 1. The van der Waals surface area contributed by atoms with E-state index >= 15 is 0 Å². The number of halogens is 1. The predicted molar refractivity (Wildman–Crippen MR) is 112 cm³/mol. The number of aliphatic hydroxyl groups excluding tert-OH is 1. The van der Waals surface area contributed by atoms with Gasteiger partial charge in [-0.2, -0.15) is 5.06 Å². The molecular weight excluding hydrogens is 378 g/mol. The highest BCUT2D eigenvalue weighted by Crippen LogP contribution is 2.27. The monoisotopic (exact) mass is 405 g/mol. The first-order chi connectivity index (χ1) is 13.4. The molecule has 6 heteroatoms. The molecular formula is C22H28ClNO4. The molecule has 0 saturated heterocycles. The summed E-state index contributed by atoms with van der Waals surface area (Å²) >= 11 is 5.95. The molecule has 0 aliphatic carbocycles. The first kappa shape index (κ1) is 22.4. The van der Waals surface area contributed by atoms with Gasteiger partial charge in [0, 0.05) is 25.2 Å². The number of amides is 1. The lowest BCUT2D eigenvalue weighted by molar-refractivity contribution is -0.207. The average molecular weight is 406 g/mol. The molecule has 1 amide bonds. The lowest BCUT2D eigenvalue weighted by Crippen LogP contribution is -2.41. The highest BCUT2D eigenvalue weighted by Gasteiger charge is 2.26. The Kier molecular flexibility index (Phi) is 8.45. The highest BCUT2D eigenvalue weighted by atomic mass is 35.5. The second kappa shape index (κ2) is 10.6. The number of nitrogens with zero attached hydrogens (tertiary/aromatic N) is 1. The van der Waals surface area contributed by atoms with Crippen molar-refractivity contribution in [3.8, 4) is 11.1 Å². The summed E-state index contributed by atoms with van der Waals surface area (Å²) in [6.07, 6.45) is 2.50. The van der Waals surface area contributed by atoms with E-state index in [-0.39, 0.29) is 12.5 Å². The molecule has 2 rings (SSSR count). The topological polar surface area (TPSA) is 59.0 Å². The number of ether oxygens (including phenoxy) is 1. The van der Waals surface area contributed by atoms with Crippen LogP contribution in [-0.2, 0) is 14.4 Å². The Morgan fingerprint density at radius 3 is 2.11 bits per heavy atom. The summed E-state index contributed by atoms with van der Waals surface area (Å²) in [5.74, 6) is -1.10. The molecule has 0 unspecified atom stereocenters. The van der Waals surface area contributed by atoms with E-state index in [1.807, 2.05) is 48.5 Å².